The minimum Gasteiger partial charge on any atom is -0.503 e. The van der Waals surface area contributed by atoms with Crippen molar-refractivity contribution in [3.63, 3.8) is 0 Å². The maximum atomic E-state index is 8.98. The molecule has 1 aromatic rings. The molecule has 11 heavy (non-hydrogen) atoms. The minimum absolute atomic E-state index is 0. The van der Waals surface area contributed by atoms with E-state index in [0.717, 1.165) is 6.54 Å². The first-order chi connectivity index (χ1) is 4.83. The monoisotopic (exact) mass is 172 g/mol. The van der Waals surface area contributed by atoms with E-state index in [0.29, 0.717) is 0 Å². The van der Waals surface area contributed by atoms with Gasteiger partial charge in [0.05, 0.1) is 0 Å². The third kappa shape index (κ3) is 3.05. The van der Waals surface area contributed by atoms with Gasteiger partial charge in [-0.05, 0) is 12.1 Å². The number of aromatic hydroxyl groups is 1. The van der Waals surface area contributed by atoms with E-state index in [1.807, 2.05) is 10.8 Å². The predicted octanol–water partition coefficient (Wildman–Crippen LogP) is 1.29. The van der Waals surface area contributed by atoms with E-state index in [1.165, 1.54) is 0 Å². The molecule has 0 bridgehead atoms. The first kappa shape index (κ1) is 9.98. The minimum atomic E-state index is 0. The molecule has 0 spiro atoms. The van der Waals surface area contributed by atoms with Gasteiger partial charge >= 0.3 is 0 Å². The van der Waals surface area contributed by atoms with Gasteiger partial charge in [0.2, 0.25) is 6.20 Å². The van der Waals surface area contributed by atoms with Crippen LogP contribution in [0.3, 0.4) is 0 Å². The van der Waals surface area contributed by atoms with E-state index in [2.05, 4.69) is 6.58 Å². The Morgan fingerprint density at radius 1 is 1.64 bits per heavy atom. The summed E-state index contributed by atoms with van der Waals surface area (Å²) < 4.78 is 1.85. The summed E-state index contributed by atoms with van der Waals surface area (Å²) >= 11 is 0. The van der Waals surface area contributed by atoms with Crippen molar-refractivity contribution < 1.29 is 9.67 Å². The highest BCUT2D eigenvalue weighted by Crippen LogP contribution is 1.99. The number of aromatic nitrogens is 1. The lowest BCUT2D eigenvalue weighted by Crippen LogP contribution is -2.30. The molecule has 2 nitrogen and oxygen atoms in total. The maximum absolute atomic E-state index is 8.98. The number of hydrogen-bond acceptors (Lipinski definition) is 1. The first-order valence-corrected chi connectivity index (χ1v) is 3.12. The van der Waals surface area contributed by atoms with Crippen LogP contribution in [-0.2, 0) is 6.54 Å². The van der Waals surface area contributed by atoms with Gasteiger partial charge in [0.15, 0.2) is 18.5 Å². The molecule has 0 aliphatic heterocycles. The third-order valence-corrected chi connectivity index (χ3v) is 1.18. The molecule has 0 fully saturated rings. The fourth-order valence-electron chi connectivity index (χ4n) is 0.771. The van der Waals surface area contributed by atoms with Gasteiger partial charge in [-0.2, -0.15) is 4.57 Å². The van der Waals surface area contributed by atoms with Crippen LogP contribution < -0.4 is 4.57 Å². The molecule has 0 aliphatic rings. The number of allylic oxidation sites excluding steroid dienone is 1. The van der Waals surface area contributed by atoms with E-state index in [1.54, 1.807) is 24.4 Å². The fraction of sp³-hybridized carbons (Fsp3) is 0.125. The second kappa shape index (κ2) is 4.74. The molecule has 0 radical (unpaired) electrons. The van der Waals surface area contributed by atoms with Gasteiger partial charge < -0.3 is 5.11 Å². The van der Waals surface area contributed by atoms with Crippen LogP contribution in [0.15, 0.2) is 37.2 Å². The molecular formula is C8H11ClNO+. The lowest BCUT2D eigenvalue weighted by molar-refractivity contribution is -0.687. The number of halogens is 1. The van der Waals surface area contributed by atoms with E-state index in [4.69, 9.17) is 5.11 Å². The second-order valence-electron chi connectivity index (χ2n) is 2.05. The van der Waals surface area contributed by atoms with Gasteiger partial charge in [-0.25, -0.2) is 0 Å². The van der Waals surface area contributed by atoms with Gasteiger partial charge in [0.25, 0.3) is 0 Å². The molecular weight excluding hydrogens is 162 g/mol. The molecule has 0 atom stereocenters. The highest BCUT2D eigenvalue weighted by Gasteiger charge is 1.95. The molecule has 1 N–H and O–H groups in total. The Labute approximate surface area is 72.2 Å². The highest BCUT2D eigenvalue weighted by molar-refractivity contribution is 5.85. The van der Waals surface area contributed by atoms with Gasteiger partial charge in [0, 0.05) is 6.07 Å². The second-order valence-corrected chi connectivity index (χ2v) is 2.05. The number of rotatable bonds is 2. The van der Waals surface area contributed by atoms with Crippen LogP contribution in [0.2, 0.25) is 0 Å². The third-order valence-electron chi connectivity index (χ3n) is 1.18. The molecule has 1 rings (SSSR count). The maximum Gasteiger partial charge on any atom is 0.211 e. The lowest BCUT2D eigenvalue weighted by Gasteiger charge is -1.90. The van der Waals surface area contributed by atoms with Gasteiger partial charge in [-0.1, -0.05) is 6.58 Å². The molecule has 0 amide bonds. The summed E-state index contributed by atoms with van der Waals surface area (Å²) in [6.07, 6.45) is 5.31. The van der Waals surface area contributed by atoms with Crippen LogP contribution in [0.4, 0.5) is 0 Å². The SMILES string of the molecule is C=CC[n+]1cccc(O)c1.Cl. The molecule has 0 saturated carbocycles. The Balaban J connectivity index is 0.000001000. The van der Waals surface area contributed by atoms with Gasteiger partial charge in [-0.3, -0.25) is 0 Å². The van der Waals surface area contributed by atoms with Crippen molar-refractivity contribution in [1.82, 2.24) is 0 Å². The number of nitrogens with zero attached hydrogens (tertiary/aromatic N) is 1. The van der Waals surface area contributed by atoms with Crippen LogP contribution >= 0.6 is 12.4 Å². The van der Waals surface area contributed by atoms with E-state index in [9.17, 15) is 0 Å². The van der Waals surface area contributed by atoms with Crippen molar-refractivity contribution >= 4 is 12.4 Å². The van der Waals surface area contributed by atoms with Gasteiger partial charge in [-0.15, -0.1) is 12.4 Å². The fourth-order valence-corrected chi connectivity index (χ4v) is 0.771. The zero-order valence-corrected chi connectivity index (χ0v) is 6.92. The molecule has 60 valence electrons. The largest absolute Gasteiger partial charge is 0.503 e. The molecule has 1 aromatic heterocycles. The number of hydrogen-bond donors (Lipinski definition) is 1. The summed E-state index contributed by atoms with van der Waals surface area (Å²) in [5.41, 5.74) is 0. The Bertz CT molecular complexity index is 237. The number of pyridine rings is 1. The Hall–Kier alpha value is -1.02. The molecule has 3 heteroatoms. The smallest absolute Gasteiger partial charge is 0.211 e. The van der Waals surface area contributed by atoms with E-state index < -0.39 is 0 Å². The zero-order valence-electron chi connectivity index (χ0n) is 6.10. The summed E-state index contributed by atoms with van der Waals surface area (Å²) in [5, 5.41) is 8.98. The molecule has 0 saturated heterocycles. The van der Waals surface area contributed by atoms with Crippen molar-refractivity contribution in [1.29, 1.82) is 0 Å². The standard InChI is InChI=1S/C8H9NO.ClH/c1-2-5-9-6-3-4-8(10)7-9;/h2-4,6-7H,1,5H2;1H/p+1. The summed E-state index contributed by atoms with van der Waals surface area (Å²) in [5.74, 6) is 0.282. The predicted molar refractivity (Wildman–Crippen MR) is 45.7 cm³/mol. The van der Waals surface area contributed by atoms with Crippen LogP contribution in [0.25, 0.3) is 0 Å². The van der Waals surface area contributed by atoms with Crippen LogP contribution in [-0.4, -0.2) is 5.11 Å². The summed E-state index contributed by atoms with van der Waals surface area (Å²) in [7, 11) is 0. The van der Waals surface area contributed by atoms with Crippen LogP contribution in [0, 0.1) is 0 Å². The normalized spacial score (nSPS) is 8.36. The Morgan fingerprint density at radius 2 is 2.36 bits per heavy atom. The quantitative estimate of drug-likeness (QED) is 0.528. The van der Waals surface area contributed by atoms with Crippen molar-refractivity contribution in [2.24, 2.45) is 0 Å². The molecule has 1 heterocycles. The summed E-state index contributed by atoms with van der Waals surface area (Å²) in [6.45, 7) is 4.31. The van der Waals surface area contributed by atoms with Gasteiger partial charge in [0.1, 0.15) is 0 Å². The Kier molecular flexibility index (Phi) is 4.30. The Morgan fingerprint density at radius 3 is 2.91 bits per heavy atom. The van der Waals surface area contributed by atoms with Crippen LogP contribution in [0.5, 0.6) is 5.75 Å². The van der Waals surface area contributed by atoms with Crippen molar-refractivity contribution in [2.45, 2.75) is 6.54 Å². The average molecular weight is 173 g/mol. The first-order valence-electron chi connectivity index (χ1n) is 3.12. The summed E-state index contributed by atoms with van der Waals surface area (Å²) in [6, 6.07) is 3.43. The van der Waals surface area contributed by atoms with Crippen molar-refractivity contribution in [3.05, 3.63) is 37.2 Å². The topological polar surface area (TPSA) is 24.1 Å². The highest BCUT2D eigenvalue weighted by atomic mass is 35.5. The molecule has 0 aromatic carbocycles. The molecule has 0 aliphatic carbocycles. The average Bonchev–Trinajstić information content (AvgIpc) is 1.88. The molecule has 0 unspecified atom stereocenters. The van der Waals surface area contributed by atoms with Crippen molar-refractivity contribution in [2.75, 3.05) is 0 Å². The van der Waals surface area contributed by atoms with Crippen LogP contribution in [0.1, 0.15) is 0 Å². The zero-order chi connectivity index (χ0) is 7.40. The summed E-state index contributed by atoms with van der Waals surface area (Å²) in [4.78, 5) is 0. The lowest BCUT2D eigenvalue weighted by atomic mass is 10.4. The van der Waals surface area contributed by atoms with E-state index >= 15 is 0 Å². The van der Waals surface area contributed by atoms with Crippen molar-refractivity contribution in [3.8, 4) is 5.75 Å². The van der Waals surface area contributed by atoms with E-state index in [-0.39, 0.29) is 18.2 Å².